The minimum atomic E-state index is 0.453. The summed E-state index contributed by atoms with van der Waals surface area (Å²) in [5, 5.41) is 20.7. The average Bonchev–Trinajstić information content (AvgIpc) is 2.41. The second-order valence-corrected chi connectivity index (χ2v) is 4.39. The first-order valence-electron chi connectivity index (χ1n) is 5.06. The Kier molecular flexibility index (Phi) is 3.57. The maximum Gasteiger partial charge on any atom is 0.148 e. The number of hydrogen-bond acceptors (Lipinski definition) is 4. The summed E-state index contributed by atoms with van der Waals surface area (Å²) in [4.78, 5) is 4.14. The smallest absolute Gasteiger partial charge is 0.148 e. The van der Waals surface area contributed by atoms with Crippen molar-refractivity contribution in [3.05, 3.63) is 52.1 Å². The summed E-state index contributed by atoms with van der Waals surface area (Å²) < 4.78 is 0.754. The molecule has 0 aliphatic carbocycles. The molecule has 1 heterocycles. The van der Waals surface area contributed by atoms with Gasteiger partial charge in [0.05, 0.1) is 17.2 Å². The van der Waals surface area contributed by atoms with Gasteiger partial charge in [0.25, 0.3) is 0 Å². The van der Waals surface area contributed by atoms with Crippen molar-refractivity contribution >= 4 is 27.4 Å². The van der Waals surface area contributed by atoms with Crippen molar-refractivity contribution < 1.29 is 0 Å². The molecule has 0 radical (unpaired) electrons. The van der Waals surface area contributed by atoms with Gasteiger partial charge in [-0.05, 0) is 46.3 Å². The first kappa shape index (κ1) is 12.1. The highest BCUT2D eigenvalue weighted by molar-refractivity contribution is 9.10. The molecule has 2 aromatic rings. The number of rotatable bonds is 2. The van der Waals surface area contributed by atoms with Crippen LogP contribution in [0.3, 0.4) is 0 Å². The van der Waals surface area contributed by atoms with E-state index in [1.807, 2.05) is 6.07 Å². The van der Waals surface area contributed by atoms with Crippen LogP contribution in [0.1, 0.15) is 11.1 Å². The van der Waals surface area contributed by atoms with E-state index in [4.69, 9.17) is 10.5 Å². The fourth-order valence-electron chi connectivity index (χ4n) is 1.39. The molecule has 0 saturated heterocycles. The van der Waals surface area contributed by atoms with E-state index in [1.54, 1.807) is 36.5 Å². The van der Waals surface area contributed by atoms with Gasteiger partial charge in [-0.25, -0.2) is 4.98 Å². The normalized spacial score (nSPS) is 9.28. The number of nitrogens with one attached hydrogen (secondary N) is 1. The predicted octanol–water partition coefficient (Wildman–Crippen LogP) is 3.33. The van der Waals surface area contributed by atoms with E-state index >= 15 is 0 Å². The van der Waals surface area contributed by atoms with Gasteiger partial charge in [-0.3, -0.25) is 0 Å². The Hall–Kier alpha value is -2.37. The average molecular weight is 299 g/mol. The minimum absolute atomic E-state index is 0.453. The third kappa shape index (κ3) is 2.65. The summed E-state index contributed by atoms with van der Waals surface area (Å²) >= 11 is 3.26. The van der Waals surface area contributed by atoms with E-state index in [0.717, 1.165) is 10.2 Å². The van der Waals surface area contributed by atoms with Crippen molar-refractivity contribution in [3.8, 4) is 12.1 Å². The summed E-state index contributed by atoms with van der Waals surface area (Å²) in [5.74, 6) is 0.491. The number of pyridine rings is 1. The fraction of sp³-hybridized carbons (Fsp3) is 0. The van der Waals surface area contributed by atoms with Crippen LogP contribution in [0.15, 0.2) is 41.0 Å². The lowest BCUT2D eigenvalue weighted by Gasteiger charge is -2.07. The summed E-state index contributed by atoms with van der Waals surface area (Å²) in [7, 11) is 0. The van der Waals surface area contributed by atoms with Gasteiger partial charge in [0, 0.05) is 16.4 Å². The Balaban J connectivity index is 2.29. The largest absolute Gasteiger partial charge is 0.339 e. The maximum atomic E-state index is 9.01. The summed E-state index contributed by atoms with van der Waals surface area (Å²) in [6.07, 6.45) is 1.62. The summed E-state index contributed by atoms with van der Waals surface area (Å²) in [5.41, 5.74) is 1.82. The zero-order valence-corrected chi connectivity index (χ0v) is 10.8. The highest BCUT2D eigenvalue weighted by Gasteiger charge is 2.04. The zero-order chi connectivity index (χ0) is 13.0. The van der Waals surface area contributed by atoms with Gasteiger partial charge >= 0.3 is 0 Å². The SMILES string of the molecule is N#Cc1ccc(Nc2ncc(Br)cc2C#N)cc1. The Morgan fingerprint density at radius 1 is 1.11 bits per heavy atom. The molecule has 0 unspecified atom stereocenters. The van der Waals surface area contributed by atoms with Crippen LogP contribution in [-0.2, 0) is 0 Å². The van der Waals surface area contributed by atoms with E-state index in [1.165, 1.54) is 0 Å². The molecule has 4 nitrogen and oxygen atoms in total. The van der Waals surface area contributed by atoms with Crippen LogP contribution in [-0.4, -0.2) is 4.98 Å². The Bertz CT molecular complexity index is 650. The van der Waals surface area contributed by atoms with E-state index < -0.39 is 0 Å². The zero-order valence-electron chi connectivity index (χ0n) is 9.18. The lowest BCUT2D eigenvalue weighted by molar-refractivity contribution is 1.27. The molecule has 1 N–H and O–H groups in total. The number of nitriles is 2. The summed E-state index contributed by atoms with van der Waals surface area (Å²) in [6, 6.07) is 12.7. The van der Waals surface area contributed by atoms with Crippen LogP contribution >= 0.6 is 15.9 Å². The molecule has 1 aromatic carbocycles. The standard InChI is InChI=1S/C13H7BrN4/c14-11-5-10(7-16)13(17-8-11)18-12-3-1-9(6-15)2-4-12/h1-5,8H,(H,17,18). The van der Waals surface area contributed by atoms with Crippen LogP contribution in [0, 0.1) is 22.7 Å². The van der Waals surface area contributed by atoms with Crippen molar-refractivity contribution in [1.82, 2.24) is 4.98 Å². The van der Waals surface area contributed by atoms with E-state index in [9.17, 15) is 0 Å². The van der Waals surface area contributed by atoms with Gasteiger partial charge in [-0.1, -0.05) is 0 Å². The molecule has 1 aromatic heterocycles. The van der Waals surface area contributed by atoms with Gasteiger partial charge < -0.3 is 5.32 Å². The molecule has 0 bridgehead atoms. The second-order valence-electron chi connectivity index (χ2n) is 3.48. The van der Waals surface area contributed by atoms with Crippen LogP contribution < -0.4 is 5.32 Å². The van der Waals surface area contributed by atoms with Crippen LogP contribution in [0.2, 0.25) is 0 Å². The van der Waals surface area contributed by atoms with Crippen molar-refractivity contribution in [2.24, 2.45) is 0 Å². The van der Waals surface area contributed by atoms with Crippen molar-refractivity contribution in [2.45, 2.75) is 0 Å². The third-order valence-corrected chi connectivity index (χ3v) is 2.69. The van der Waals surface area contributed by atoms with Crippen molar-refractivity contribution in [3.63, 3.8) is 0 Å². The molecule has 86 valence electrons. The summed E-state index contributed by atoms with van der Waals surface area (Å²) in [6.45, 7) is 0. The predicted molar refractivity (Wildman–Crippen MR) is 71.1 cm³/mol. The van der Waals surface area contributed by atoms with Crippen molar-refractivity contribution in [2.75, 3.05) is 5.32 Å². The molecule has 0 saturated carbocycles. The number of hydrogen-bond donors (Lipinski definition) is 1. The first-order valence-corrected chi connectivity index (χ1v) is 5.85. The molecule has 0 fully saturated rings. The first-order chi connectivity index (χ1) is 8.72. The number of anilines is 2. The monoisotopic (exact) mass is 298 g/mol. The molecule has 18 heavy (non-hydrogen) atoms. The Morgan fingerprint density at radius 3 is 2.44 bits per heavy atom. The van der Waals surface area contributed by atoms with Gasteiger partial charge in [-0.15, -0.1) is 0 Å². The maximum absolute atomic E-state index is 9.01. The molecule has 0 aliphatic heterocycles. The Morgan fingerprint density at radius 2 is 1.83 bits per heavy atom. The highest BCUT2D eigenvalue weighted by Crippen LogP contribution is 2.21. The molecular weight excluding hydrogens is 292 g/mol. The van der Waals surface area contributed by atoms with Gasteiger partial charge in [0.2, 0.25) is 0 Å². The van der Waals surface area contributed by atoms with E-state index in [2.05, 4.69) is 32.3 Å². The van der Waals surface area contributed by atoms with Crippen LogP contribution in [0.25, 0.3) is 0 Å². The van der Waals surface area contributed by atoms with Crippen molar-refractivity contribution in [1.29, 1.82) is 10.5 Å². The van der Waals surface area contributed by atoms with E-state index in [0.29, 0.717) is 16.9 Å². The number of benzene rings is 1. The Labute approximate surface area is 113 Å². The number of nitrogens with zero attached hydrogens (tertiary/aromatic N) is 3. The third-order valence-electron chi connectivity index (χ3n) is 2.25. The number of aromatic nitrogens is 1. The molecule has 0 spiro atoms. The topological polar surface area (TPSA) is 72.5 Å². The second kappa shape index (κ2) is 5.31. The lowest BCUT2D eigenvalue weighted by atomic mass is 10.2. The van der Waals surface area contributed by atoms with Gasteiger partial charge in [-0.2, -0.15) is 10.5 Å². The minimum Gasteiger partial charge on any atom is -0.339 e. The molecule has 2 rings (SSSR count). The van der Waals surface area contributed by atoms with Gasteiger partial charge in [0.1, 0.15) is 11.9 Å². The molecule has 0 atom stereocenters. The fourth-order valence-corrected chi connectivity index (χ4v) is 1.72. The molecular formula is C13H7BrN4. The molecule has 0 aliphatic rings. The van der Waals surface area contributed by atoms with E-state index in [-0.39, 0.29) is 0 Å². The molecule has 0 amide bonds. The molecule has 5 heteroatoms. The van der Waals surface area contributed by atoms with Gasteiger partial charge in [0.15, 0.2) is 0 Å². The number of halogens is 1. The van der Waals surface area contributed by atoms with Crippen LogP contribution in [0.4, 0.5) is 11.5 Å². The lowest BCUT2D eigenvalue weighted by Crippen LogP contribution is -1.96. The highest BCUT2D eigenvalue weighted by atomic mass is 79.9. The van der Waals surface area contributed by atoms with Crippen LogP contribution in [0.5, 0.6) is 0 Å². The quantitative estimate of drug-likeness (QED) is 0.923.